The zero-order chi connectivity index (χ0) is 25.7. The third-order valence-electron chi connectivity index (χ3n) is 6.08. The molecule has 1 aromatic heterocycles. The Hall–Kier alpha value is -3.47. The van der Waals surface area contributed by atoms with E-state index in [4.69, 9.17) is 25.2 Å². The van der Waals surface area contributed by atoms with Crippen LogP contribution >= 0.6 is 0 Å². The highest BCUT2D eigenvalue weighted by atomic mass is 16.5. The van der Waals surface area contributed by atoms with Crippen molar-refractivity contribution in [3.8, 4) is 28.6 Å². The molecule has 1 aliphatic heterocycles. The maximum Gasteiger partial charge on any atom is 0.258 e. The van der Waals surface area contributed by atoms with Crippen LogP contribution in [0, 0.1) is 0 Å². The van der Waals surface area contributed by atoms with E-state index in [0.29, 0.717) is 29.7 Å². The molecule has 0 aliphatic carbocycles. The molecule has 0 saturated carbocycles. The standard InChI is InChI=1S/C26H33N5O5/c1-16(2)35-23-6-5-20(12-22(23)27)26-29-25(30-36-26)19-4-3-17-7-9-31(10-8-18(17)11-19)13-24(34)28-21(14-32)15-33/h3-6,11-12,16,21,32-33H,7-10,13-15,27H2,1-2H3,(H,28,34). The summed E-state index contributed by atoms with van der Waals surface area (Å²) < 4.78 is 11.2. The van der Waals surface area contributed by atoms with Gasteiger partial charge in [0.15, 0.2) is 0 Å². The van der Waals surface area contributed by atoms with E-state index in [1.807, 2.05) is 26.0 Å². The number of benzene rings is 2. The molecule has 0 saturated heterocycles. The van der Waals surface area contributed by atoms with Gasteiger partial charge in [0.1, 0.15) is 5.75 Å². The van der Waals surface area contributed by atoms with E-state index in [9.17, 15) is 4.79 Å². The number of nitrogens with two attached hydrogens (primary N) is 1. The molecule has 36 heavy (non-hydrogen) atoms. The van der Waals surface area contributed by atoms with Crippen molar-refractivity contribution in [1.29, 1.82) is 0 Å². The lowest BCUT2D eigenvalue weighted by molar-refractivity contribution is -0.123. The van der Waals surface area contributed by atoms with E-state index in [2.05, 4.69) is 32.5 Å². The largest absolute Gasteiger partial charge is 0.489 e. The number of anilines is 1. The quantitative estimate of drug-likeness (QED) is 0.325. The molecular formula is C26H33N5O5. The number of fused-ring (bicyclic) bond motifs is 1. The first-order valence-corrected chi connectivity index (χ1v) is 12.1. The number of ether oxygens (including phenoxy) is 1. The number of carbonyl (C=O) groups is 1. The third-order valence-corrected chi connectivity index (χ3v) is 6.08. The van der Waals surface area contributed by atoms with Crippen LogP contribution in [0.5, 0.6) is 5.75 Å². The van der Waals surface area contributed by atoms with Crippen molar-refractivity contribution in [2.24, 2.45) is 0 Å². The van der Waals surface area contributed by atoms with Gasteiger partial charge in [-0.05, 0) is 62.1 Å². The predicted octanol–water partition coefficient (Wildman–Crippen LogP) is 1.64. The first kappa shape index (κ1) is 25.6. The summed E-state index contributed by atoms with van der Waals surface area (Å²) in [4.78, 5) is 18.9. The highest BCUT2D eigenvalue weighted by molar-refractivity contribution is 5.78. The van der Waals surface area contributed by atoms with Crippen LogP contribution < -0.4 is 15.8 Å². The molecule has 4 rings (SSSR count). The second-order valence-corrected chi connectivity index (χ2v) is 9.23. The summed E-state index contributed by atoms with van der Waals surface area (Å²) in [6.07, 6.45) is 1.61. The number of hydrogen-bond acceptors (Lipinski definition) is 9. The number of aliphatic hydroxyl groups excluding tert-OH is 2. The van der Waals surface area contributed by atoms with E-state index < -0.39 is 6.04 Å². The minimum absolute atomic E-state index is 0.0236. The zero-order valence-electron chi connectivity index (χ0n) is 20.6. The maximum absolute atomic E-state index is 12.3. The zero-order valence-corrected chi connectivity index (χ0v) is 20.6. The fourth-order valence-corrected chi connectivity index (χ4v) is 4.19. The molecule has 5 N–H and O–H groups in total. The van der Waals surface area contributed by atoms with E-state index in [1.54, 1.807) is 12.1 Å². The van der Waals surface area contributed by atoms with Crippen molar-refractivity contribution in [1.82, 2.24) is 20.4 Å². The van der Waals surface area contributed by atoms with E-state index in [1.165, 1.54) is 11.1 Å². The second-order valence-electron chi connectivity index (χ2n) is 9.23. The number of carbonyl (C=O) groups excluding carboxylic acids is 1. The molecule has 2 heterocycles. The Balaban J connectivity index is 1.43. The number of nitrogen functional groups attached to an aromatic ring is 1. The van der Waals surface area contributed by atoms with Gasteiger partial charge in [0, 0.05) is 24.2 Å². The number of hydrogen-bond donors (Lipinski definition) is 4. The van der Waals surface area contributed by atoms with Crippen molar-refractivity contribution in [2.45, 2.75) is 38.8 Å². The van der Waals surface area contributed by atoms with Crippen molar-refractivity contribution in [3.05, 3.63) is 47.5 Å². The summed E-state index contributed by atoms with van der Waals surface area (Å²) in [7, 11) is 0. The molecule has 10 nitrogen and oxygen atoms in total. The lowest BCUT2D eigenvalue weighted by Crippen LogP contribution is -2.45. The summed E-state index contributed by atoms with van der Waals surface area (Å²) >= 11 is 0. The first-order chi connectivity index (χ1) is 17.4. The second kappa shape index (κ2) is 11.5. The molecule has 0 bridgehead atoms. The lowest BCUT2D eigenvalue weighted by Gasteiger charge is -2.21. The smallest absolute Gasteiger partial charge is 0.258 e. The molecule has 192 valence electrons. The van der Waals surface area contributed by atoms with Gasteiger partial charge in [-0.2, -0.15) is 4.98 Å². The molecular weight excluding hydrogens is 462 g/mol. The summed E-state index contributed by atoms with van der Waals surface area (Å²) in [5, 5.41) is 25.1. The summed E-state index contributed by atoms with van der Waals surface area (Å²) in [5.41, 5.74) is 10.6. The van der Waals surface area contributed by atoms with Gasteiger partial charge in [-0.1, -0.05) is 17.3 Å². The van der Waals surface area contributed by atoms with Crippen molar-refractivity contribution in [3.63, 3.8) is 0 Å². The highest BCUT2D eigenvalue weighted by Gasteiger charge is 2.20. The number of aliphatic hydroxyl groups is 2. The van der Waals surface area contributed by atoms with Gasteiger partial charge in [-0.25, -0.2) is 0 Å². The topological polar surface area (TPSA) is 147 Å². The summed E-state index contributed by atoms with van der Waals surface area (Å²) in [6.45, 7) is 4.98. The average molecular weight is 496 g/mol. The van der Waals surface area contributed by atoms with Crippen LogP contribution in [-0.2, 0) is 17.6 Å². The SMILES string of the molecule is CC(C)Oc1ccc(-c2nc(-c3ccc4c(c3)CCN(CC(=O)NC(CO)CO)CC4)no2)cc1N. The number of aromatic nitrogens is 2. The average Bonchev–Trinajstić information content (AvgIpc) is 3.27. The van der Waals surface area contributed by atoms with E-state index in [0.717, 1.165) is 30.5 Å². The van der Waals surface area contributed by atoms with Gasteiger partial charge in [0.25, 0.3) is 5.89 Å². The Morgan fingerprint density at radius 1 is 1.11 bits per heavy atom. The van der Waals surface area contributed by atoms with Gasteiger partial charge < -0.3 is 30.5 Å². The Morgan fingerprint density at radius 2 is 1.83 bits per heavy atom. The van der Waals surface area contributed by atoms with Crippen LogP contribution in [0.3, 0.4) is 0 Å². The van der Waals surface area contributed by atoms with Crippen molar-refractivity contribution < 1.29 is 24.3 Å². The molecule has 10 heteroatoms. The third kappa shape index (κ3) is 6.20. The molecule has 0 atom stereocenters. The van der Waals surface area contributed by atoms with Crippen LogP contribution in [0.2, 0.25) is 0 Å². The van der Waals surface area contributed by atoms with Crippen molar-refractivity contribution in [2.75, 3.05) is 38.6 Å². The van der Waals surface area contributed by atoms with Crippen LogP contribution in [0.15, 0.2) is 40.9 Å². The first-order valence-electron chi connectivity index (χ1n) is 12.1. The molecule has 0 fully saturated rings. The van der Waals surface area contributed by atoms with Crippen molar-refractivity contribution >= 4 is 11.6 Å². The molecule has 3 aromatic rings. The molecule has 0 unspecified atom stereocenters. The van der Waals surface area contributed by atoms with Gasteiger partial charge in [-0.15, -0.1) is 0 Å². The number of nitrogens with one attached hydrogen (secondary N) is 1. The fourth-order valence-electron chi connectivity index (χ4n) is 4.19. The van der Waals surface area contributed by atoms with Crippen LogP contribution in [0.1, 0.15) is 25.0 Å². The molecule has 1 amide bonds. The molecule has 1 aliphatic rings. The van der Waals surface area contributed by atoms with Gasteiger partial charge in [-0.3, -0.25) is 9.69 Å². The summed E-state index contributed by atoms with van der Waals surface area (Å²) in [5.74, 6) is 1.28. The number of rotatable bonds is 9. The number of nitrogens with zero attached hydrogens (tertiary/aromatic N) is 3. The minimum Gasteiger partial charge on any atom is -0.489 e. The van der Waals surface area contributed by atoms with Crippen LogP contribution in [0.4, 0.5) is 5.69 Å². The molecule has 2 aromatic carbocycles. The monoisotopic (exact) mass is 495 g/mol. The van der Waals surface area contributed by atoms with Crippen LogP contribution in [0.25, 0.3) is 22.8 Å². The lowest BCUT2D eigenvalue weighted by atomic mass is 10.00. The van der Waals surface area contributed by atoms with Gasteiger partial charge >= 0.3 is 0 Å². The van der Waals surface area contributed by atoms with Gasteiger partial charge in [0.2, 0.25) is 11.7 Å². The van der Waals surface area contributed by atoms with Gasteiger partial charge in [0.05, 0.1) is 37.6 Å². The van der Waals surface area contributed by atoms with Crippen LogP contribution in [-0.4, -0.2) is 76.2 Å². The summed E-state index contributed by atoms with van der Waals surface area (Å²) in [6, 6.07) is 10.9. The minimum atomic E-state index is -0.633. The maximum atomic E-state index is 12.3. The van der Waals surface area contributed by atoms with E-state index >= 15 is 0 Å². The Labute approximate surface area is 210 Å². The molecule has 0 spiro atoms. The predicted molar refractivity (Wildman–Crippen MR) is 135 cm³/mol. The highest BCUT2D eigenvalue weighted by Crippen LogP contribution is 2.30. The fraction of sp³-hybridized carbons (Fsp3) is 0.423. The number of amides is 1. The molecule has 0 radical (unpaired) electrons. The van der Waals surface area contributed by atoms with E-state index in [-0.39, 0.29) is 31.8 Å². The Kier molecular flexibility index (Phi) is 8.19. The Bertz CT molecular complexity index is 1190. The normalized spacial score (nSPS) is 14.1. The Morgan fingerprint density at radius 3 is 2.53 bits per heavy atom.